The highest BCUT2D eigenvalue weighted by atomic mass is 32.2. The van der Waals surface area contributed by atoms with Crippen molar-refractivity contribution >= 4 is 22.9 Å². The van der Waals surface area contributed by atoms with Gasteiger partial charge in [-0.05, 0) is 47.9 Å². The summed E-state index contributed by atoms with van der Waals surface area (Å²) in [4.78, 5) is 12.7. The van der Waals surface area contributed by atoms with Gasteiger partial charge in [-0.2, -0.15) is 13.2 Å². The zero-order valence-electron chi connectivity index (χ0n) is 18.6. The fourth-order valence-electron chi connectivity index (χ4n) is 3.47. The molecule has 0 aliphatic rings. The maximum Gasteiger partial charge on any atom is 0.416 e. The molecular weight excluding hydrogens is 491 g/mol. The number of nitrogens with one attached hydrogen (secondary N) is 1. The molecule has 3 aromatic rings. The van der Waals surface area contributed by atoms with Gasteiger partial charge in [-0.1, -0.05) is 36.4 Å². The van der Waals surface area contributed by atoms with Crippen molar-refractivity contribution in [2.45, 2.75) is 25.6 Å². The summed E-state index contributed by atoms with van der Waals surface area (Å²) in [5, 5.41) is 2.50. The zero-order valence-corrected chi connectivity index (χ0v) is 19.4. The summed E-state index contributed by atoms with van der Waals surface area (Å²) >= 11 is -2.44. The third-order valence-electron chi connectivity index (χ3n) is 5.49. The Morgan fingerprint density at radius 2 is 1.71 bits per heavy atom. The minimum Gasteiger partial charge on any atom is -0.351 e. The molecule has 0 aliphatic carbocycles. The second kappa shape index (κ2) is 10.5. The largest absolute Gasteiger partial charge is 0.416 e. The van der Waals surface area contributed by atoms with Crippen LogP contribution in [0.1, 0.15) is 29.5 Å². The van der Waals surface area contributed by atoms with Crippen LogP contribution in [0.4, 0.5) is 27.6 Å². The van der Waals surface area contributed by atoms with Crippen molar-refractivity contribution in [3.05, 3.63) is 89.0 Å². The van der Waals surface area contributed by atoms with Crippen molar-refractivity contribution in [2.24, 2.45) is 0 Å². The Balaban J connectivity index is 1.86. The summed E-state index contributed by atoms with van der Waals surface area (Å²) in [6.45, 7) is 1.07. The van der Waals surface area contributed by atoms with E-state index in [0.29, 0.717) is 11.6 Å². The second-order valence-corrected chi connectivity index (χ2v) is 8.74. The van der Waals surface area contributed by atoms with Crippen LogP contribution in [-0.2, 0) is 28.8 Å². The molecule has 3 rings (SSSR count). The lowest BCUT2D eigenvalue weighted by Crippen LogP contribution is -2.28. The molecule has 0 radical (unpaired) electrons. The summed E-state index contributed by atoms with van der Waals surface area (Å²) in [6.07, 6.45) is -4.76. The molecule has 186 valence electrons. The smallest absolute Gasteiger partial charge is 0.351 e. The quantitative estimate of drug-likeness (QED) is 0.318. The van der Waals surface area contributed by atoms with Gasteiger partial charge in [-0.25, -0.2) is 13.0 Å². The Bertz CT molecular complexity index is 1250. The lowest BCUT2D eigenvalue weighted by atomic mass is 9.95. The predicted octanol–water partition coefficient (Wildman–Crippen LogP) is 5.64. The van der Waals surface area contributed by atoms with Crippen LogP contribution in [0.15, 0.2) is 60.7 Å². The van der Waals surface area contributed by atoms with Crippen LogP contribution in [0.3, 0.4) is 0 Å². The van der Waals surface area contributed by atoms with Crippen LogP contribution in [-0.4, -0.2) is 21.7 Å². The molecule has 0 saturated heterocycles. The van der Waals surface area contributed by atoms with Crippen LogP contribution in [0.25, 0.3) is 11.1 Å². The Morgan fingerprint density at radius 1 is 1.06 bits per heavy atom. The molecule has 35 heavy (non-hydrogen) atoms. The fourth-order valence-corrected chi connectivity index (χ4v) is 3.78. The molecule has 0 aromatic heterocycles. The number of halogens is 5. The Hall–Kier alpha value is -3.31. The second-order valence-electron chi connectivity index (χ2n) is 7.73. The van der Waals surface area contributed by atoms with Crippen molar-refractivity contribution < 1.29 is 35.5 Å². The SMILES string of the molecule is CC(C(=O)NCc1c(F)cc(C(F)(F)F)cc1-c1ccccc1)c1ccc(N(C)S(=O)O)c(F)c1. The zero-order chi connectivity index (χ0) is 25.9. The van der Waals surface area contributed by atoms with Crippen LogP contribution < -0.4 is 9.62 Å². The van der Waals surface area contributed by atoms with Crippen molar-refractivity contribution in [2.75, 3.05) is 11.4 Å². The Labute approximate surface area is 201 Å². The summed E-state index contributed by atoms with van der Waals surface area (Å²) < 4.78 is 90.0. The molecule has 0 heterocycles. The van der Waals surface area contributed by atoms with Crippen molar-refractivity contribution in [1.29, 1.82) is 0 Å². The first kappa shape index (κ1) is 26.3. The van der Waals surface area contributed by atoms with Gasteiger partial charge >= 0.3 is 6.18 Å². The topological polar surface area (TPSA) is 69.6 Å². The van der Waals surface area contributed by atoms with Crippen LogP contribution in [0, 0.1) is 11.6 Å². The number of carbonyl (C=O) groups is 1. The van der Waals surface area contributed by atoms with Gasteiger partial charge in [0.25, 0.3) is 11.3 Å². The van der Waals surface area contributed by atoms with E-state index in [9.17, 15) is 31.0 Å². The molecule has 2 unspecified atom stereocenters. The predicted molar refractivity (Wildman–Crippen MR) is 123 cm³/mol. The highest BCUT2D eigenvalue weighted by Gasteiger charge is 2.32. The number of alkyl halides is 3. The van der Waals surface area contributed by atoms with E-state index in [0.717, 1.165) is 16.4 Å². The number of carbonyl (C=O) groups excluding carboxylic acids is 1. The van der Waals surface area contributed by atoms with Crippen molar-refractivity contribution in [3.63, 3.8) is 0 Å². The van der Waals surface area contributed by atoms with E-state index in [-0.39, 0.29) is 22.4 Å². The van der Waals surface area contributed by atoms with Gasteiger partial charge in [0.05, 0.1) is 17.2 Å². The summed E-state index contributed by atoms with van der Waals surface area (Å²) in [5.41, 5.74) is -0.849. The van der Waals surface area contributed by atoms with Gasteiger partial charge < -0.3 is 5.32 Å². The van der Waals surface area contributed by atoms with Gasteiger partial charge in [0.1, 0.15) is 11.6 Å². The number of rotatable bonds is 7. The maximum atomic E-state index is 14.8. The number of hydrogen-bond donors (Lipinski definition) is 2. The molecule has 3 aromatic carbocycles. The summed E-state index contributed by atoms with van der Waals surface area (Å²) in [6, 6.07) is 12.8. The normalized spacial score (nSPS) is 13.3. The minimum atomic E-state index is -4.76. The standard InChI is InChI=1S/C24H21F5N2O3S/c1-14(16-8-9-22(21(26)10-16)31(2)35(33)34)23(32)30-13-19-18(15-6-4-3-5-7-15)11-17(12-20(19)25)24(27,28)29/h3-12,14H,13H2,1-2H3,(H,30,32)(H,33,34). The fraction of sp³-hybridized carbons (Fsp3) is 0.208. The van der Waals surface area contributed by atoms with Crippen LogP contribution in [0.5, 0.6) is 0 Å². The Kier molecular flexibility index (Phi) is 7.91. The molecule has 11 heteroatoms. The maximum absolute atomic E-state index is 14.8. The monoisotopic (exact) mass is 512 g/mol. The molecule has 2 N–H and O–H groups in total. The first-order valence-electron chi connectivity index (χ1n) is 10.3. The average molecular weight is 513 g/mol. The van der Waals surface area contributed by atoms with Crippen LogP contribution in [0.2, 0.25) is 0 Å². The van der Waals surface area contributed by atoms with Gasteiger partial charge in [0.15, 0.2) is 0 Å². The lowest BCUT2D eigenvalue weighted by molar-refractivity contribution is -0.137. The molecule has 2 atom stereocenters. The number of benzene rings is 3. The Morgan fingerprint density at radius 3 is 2.29 bits per heavy atom. The third-order valence-corrected chi connectivity index (χ3v) is 6.15. The summed E-state index contributed by atoms with van der Waals surface area (Å²) in [5.74, 6) is -3.47. The third kappa shape index (κ3) is 6.04. The first-order chi connectivity index (χ1) is 16.4. The molecule has 0 saturated carbocycles. The highest BCUT2D eigenvalue weighted by molar-refractivity contribution is 7.80. The van der Waals surface area contributed by atoms with Crippen LogP contribution >= 0.6 is 0 Å². The average Bonchev–Trinajstić information content (AvgIpc) is 2.81. The van der Waals surface area contributed by atoms with Gasteiger partial charge in [-0.15, -0.1) is 0 Å². The number of nitrogens with zero attached hydrogens (tertiary/aromatic N) is 1. The molecule has 0 bridgehead atoms. The van der Waals surface area contributed by atoms with Gasteiger partial charge in [-0.3, -0.25) is 13.7 Å². The molecular formula is C24H21F5N2O3S. The van der Waals surface area contributed by atoms with E-state index in [1.54, 1.807) is 18.2 Å². The summed E-state index contributed by atoms with van der Waals surface area (Å²) in [7, 11) is 1.22. The van der Waals surface area contributed by atoms with Gasteiger partial charge in [0, 0.05) is 19.2 Å². The van der Waals surface area contributed by atoms with Crippen molar-refractivity contribution in [3.8, 4) is 11.1 Å². The highest BCUT2D eigenvalue weighted by Crippen LogP contribution is 2.35. The molecule has 1 amide bonds. The van der Waals surface area contributed by atoms with Gasteiger partial charge in [0.2, 0.25) is 5.91 Å². The van der Waals surface area contributed by atoms with Crippen molar-refractivity contribution in [1.82, 2.24) is 5.32 Å². The van der Waals surface area contributed by atoms with E-state index >= 15 is 0 Å². The number of amides is 1. The van der Waals surface area contributed by atoms with E-state index in [1.807, 2.05) is 0 Å². The molecule has 5 nitrogen and oxygen atoms in total. The van der Waals surface area contributed by atoms with E-state index in [4.69, 9.17) is 4.55 Å². The minimum absolute atomic E-state index is 0.0127. The van der Waals surface area contributed by atoms with E-state index < -0.39 is 53.0 Å². The lowest BCUT2D eigenvalue weighted by Gasteiger charge is -2.19. The molecule has 0 aliphatic heterocycles. The first-order valence-corrected chi connectivity index (χ1v) is 11.3. The van der Waals surface area contributed by atoms with E-state index in [1.165, 1.54) is 38.2 Å². The number of anilines is 1. The molecule has 0 fully saturated rings. The number of hydrogen-bond acceptors (Lipinski definition) is 2. The van der Waals surface area contributed by atoms with E-state index in [2.05, 4.69) is 5.32 Å². The molecule has 0 spiro atoms.